The maximum atomic E-state index is 11.6. The summed E-state index contributed by atoms with van der Waals surface area (Å²) in [5, 5.41) is 0. The van der Waals surface area contributed by atoms with Crippen molar-refractivity contribution in [2.75, 3.05) is 6.61 Å². The van der Waals surface area contributed by atoms with Gasteiger partial charge in [-0.05, 0) is 54.5 Å². The van der Waals surface area contributed by atoms with Gasteiger partial charge >= 0.3 is 5.97 Å². The van der Waals surface area contributed by atoms with Crippen LogP contribution in [0.4, 0.5) is 0 Å². The molecule has 0 N–H and O–H groups in total. The Hall–Kier alpha value is -2.35. The number of esters is 1. The van der Waals surface area contributed by atoms with Gasteiger partial charge in [0.05, 0.1) is 6.61 Å². The molecule has 0 heterocycles. The van der Waals surface area contributed by atoms with Crippen LogP contribution in [0.5, 0.6) is 0 Å². The number of carbonyl (C=O) groups is 1. The van der Waals surface area contributed by atoms with E-state index < -0.39 is 0 Å². The van der Waals surface area contributed by atoms with E-state index in [2.05, 4.69) is 55.5 Å². The molecule has 2 aromatic rings. The van der Waals surface area contributed by atoms with E-state index in [0.717, 1.165) is 11.1 Å². The Morgan fingerprint density at radius 2 is 1.44 bits per heavy atom. The summed E-state index contributed by atoms with van der Waals surface area (Å²) in [4.78, 5) is 11.6. The molecule has 144 valence electrons. The highest BCUT2D eigenvalue weighted by atomic mass is 16.5. The molecule has 2 nitrogen and oxygen atoms in total. The van der Waals surface area contributed by atoms with E-state index in [1.54, 1.807) is 6.08 Å². The zero-order chi connectivity index (χ0) is 19.5. The van der Waals surface area contributed by atoms with E-state index >= 15 is 0 Å². The van der Waals surface area contributed by atoms with Crippen molar-refractivity contribution in [3.63, 3.8) is 0 Å². The van der Waals surface area contributed by atoms with E-state index in [4.69, 9.17) is 4.74 Å². The van der Waals surface area contributed by atoms with Crippen LogP contribution in [0.2, 0.25) is 0 Å². The summed E-state index contributed by atoms with van der Waals surface area (Å²) in [7, 11) is 0. The summed E-state index contributed by atoms with van der Waals surface area (Å²) >= 11 is 0. The first-order chi connectivity index (χ1) is 13.1. The zero-order valence-electron chi connectivity index (χ0n) is 17.0. The second-order valence-corrected chi connectivity index (χ2v) is 7.02. The van der Waals surface area contributed by atoms with Crippen LogP contribution in [0.1, 0.15) is 64.0 Å². The minimum absolute atomic E-state index is 0.288. The smallest absolute Gasteiger partial charge is 0.331 e. The topological polar surface area (TPSA) is 26.3 Å². The quantitative estimate of drug-likeness (QED) is 0.262. The highest BCUT2D eigenvalue weighted by Crippen LogP contribution is 2.23. The fourth-order valence-corrected chi connectivity index (χ4v) is 3.17. The first-order valence-electron chi connectivity index (χ1n) is 10.2. The predicted molar refractivity (Wildman–Crippen MR) is 115 cm³/mol. The summed E-state index contributed by atoms with van der Waals surface area (Å²) in [6.07, 6.45) is 9.32. The van der Waals surface area contributed by atoms with Crippen LogP contribution in [0.25, 0.3) is 16.7 Å². The van der Waals surface area contributed by atoms with Gasteiger partial charge in [0, 0.05) is 6.08 Å². The fraction of sp³-hybridized carbons (Fsp3) is 0.400. The number of unbranched alkanes of at least 4 members (excludes halogenated alkanes) is 4. The largest absolute Gasteiger partial charge is 0.463 e. The highest BCUT2D eigenvalue weighted by Gasteiger charge is 2.03. The molecular formula is C25H32O2. The van der Waals surface area contributed by atoms with E-state index in [-0.39, 0.29) is 5.97 Å². The predicted octanol–water partition coefficient (Wildman–Crippen LogP) is 6.83. The Morgan fingerprint density at radius 1 is 0.852 bits per heavy atom. The molecule has 0 saturated carbocycles. The summed E-state index contributed by atoms with van der Waals surface area (Å²) < 4.78 is 4.97. The minimum Gasteiger partial charge on any atom is -0.463 e. The molecule has 0 aliphatic heterocycles. The van der Waals surface area contributed by atoms with Crippen LogP contribution in [0.15, 0.2) is 54.6 Å². The molecule has 0 atom stereocenters. The Balaban J connectivity index is 1.95. The molecule has 0 saturated heterocycles. The van der Waals surface area contributed by atoms with Crippen molar-refractivity contribution in [3.8, 4) is 11.1 Å². The van der Waals surface area contributed by atoms with Crippen molar-refractivity contribution in [1.82, 2.24) is 0 Å². The lowest BCUT2D eigenvalue weighted by Gasteiger charge is -2.07. The van der Waals surface area contributed by atoms with Crippen molar-refractivity contribution < 1.29 is 9.53 Å². The van der Waals surface area contributed by atoms with Crippen LogP contribution < -0.4 is 0 Å². The number of hydrogen-bond acceptors (Lipinski definition) is 2. The molecule has 2 rings (SSSR count). The van der Waals surface area contributed by atoms with Crippen LogP contribution >= 0.6 is 0 Å². The van der Waals surface area contributed by atoms with E-state index in [9.17, 15) is 4.79 Å². The molecule has 0 fully saturated rings. The third-order valence-electron chi connectivity index (χ3n) is 4.82. The number of aryl methyl sites for hydroxylation is 1. The number of ether oxygens (including phenoxy) is 1. The van der Waals surface area contributed by atoms with Gasteiger partial charge in [-0.2, -0.15) is 0 Å². The molecular weight excluding hydrogens is 332 g/mol. The number of hydrogen-bond donors (Lipinski definition) is 0. The number of carbonyl (C=O) groups excluding carboxylic acids is 1. The zero-order valence-corrected chi connectivity index (χ0v) is 17.0. The molecule has 0 aliphatic rings. The Bertz CT molecular complexity index is 724. The summed E-state index contributed by atoms with van der Waals surface area (Å²) in [5.74, 6) is -0.288. The second-order valence-electron chi connectivity index (χ2n) is 7.02. The third kappa shape index (κ3) is 7.05. The van der Waals surface area contributed by atoms with Crippen LogP contribution in [-0.4, -0.2) is 12.6 Å². The lowest BCUT2D eigenvalue weighted by Crippen LogP contribution is -2.00. The average molecular weight is 365 g/mol. The van der Waals surface area contributed by atoms with Gasteiger partial charge in [0.1, 0.15) is 0 Å². The SMILES string of the molecule is CCCCCCCc1ccc(-c2ccc(/C(C)=C/C(=O)OCC)cc2)cc1. The molecule has 0 radical (unpaired) electrons. The van der Waals surface area contributed by atoms with Crippen molar-refractivity contribution >= 4 is 11.5 Å². The standard InChI is InChI=1S/C25H32O2/c1-4-6-7-8-9-10-21-11-13-23(14-12-21)24-17-15-22(16-18-24)20(3)19-25(26)27-5-2/h11-19H,4-10H2,1-3H3/b20-19+. The molecule has 0 amide bonds. The minimum atomic E-state index is -0.288. The highest BCUT2D eigenvalue weighted by molar-refractivity contribution is 5.91. The van der Waals surface area contributed by atoms with Crippen LogP contribution in [-0.2, 0) is 16.0 Å². The fourth-order valence-electron chi connectivity index (χ4n) is 3.17. The van der Waals surface area contributed by atoms with Crippen molar-refractivity contribution in [2.24, 2.45) is 0 Å². The molecule has 0 bridgehead atoms. The van der Waals surface area contributed by atoms with Crippen molar-refractivity contribution in [3.05, 3.63) is 65.7 Å². The summed E-state index contributed by atoms with van der Waals surface area (Å²) in [5.41, 5.74) is 5.79. The van der Waals surface area contributed by atoms with Gasteiger partial charge in [0.15, 0.2) is 0 Å². The lowest BCUT2D eigenvalue weighted by atomic mass is 9.98. The van der Waals surface area contributed by atoms with Crippen LogP contribution in [0.3, 0.4) is 0 Å². The second kappa shape index (κ2) is 11.4. The van der Waals surface area contributed by atoms with Crippen molar-refractivity contribution in [2.45, 2.75) is 59.3 Å². The monoisotopic (exact) mass is 364 g/mol. The maximum absolute atomic E-state index is 11.6. The van der Waals surface area contributed by atoms with Gasteiger partial charge in [-0.1, -0.05) is 81.1 Å². The molecule has 0 unspecified atom stereocenters. The summed E-state index contributed by atoms with van der Waals surface area (Å²) in [6, 6.07) is 17.2. The van der Waals surface area contributed by atoms with E-state index in [1.807, 2.05) is 13.8 Å². The van der Waals surface area contributed by atoms with E-state index in [1.165, 1.54) is 55.2 Å². The summed E-state index contributed by atoms with van der Waals surface area (Å²) in [6.45, 7) is 6.40. The number of rotatable bonds is 10. The molecule has 2 aromatic carbocycles. The number of allylic oxidation sites excluding steroid dienone is 1. The maximum Gasteiger partial charge on any atom is 0.331 e. The first kappa shape index (κ1) is 21.0. The van der Waals surface area contributed by atoms with Gasteiger partial charge in [0.2, 0.25) is 0 Å². The first-order valence-corrected chi connectivity index (χ1v) is 10.2. The Kier molecular flexibility index (Phi) is 8.83. The molecule has 2 heteroatoms. The number of benzene rings is 2. The van der Waals surface area contributed by atoms with Crippen LogP contribution in [0, 0.1) is 0 Å². The Morgan fingerprint density at radius 3 is 2.04 bits per heavy atom. The molecule has 27 heavy (non-hydrogen) atoms. The average Bonchev–Trinajstić information content (AvgIpc) is 2.68. The molecule has 0 aliphatic carbocycles. The van der Waals surface area contributed by atoms with Gasteiger partial charge < -0.3 is 4.74 Å². The van der Waals surface area contributed by atoms with Crippen molar-refractivity contribution in [1.29, 1.82) is 0 Å². The van der Waals surface area contributed by atoms with E-state index in [0.29, 0.717) is 6.61 Å². The normalized spacial score (nSPS) is 11.4. The molecule has 0 spiro atoms. The van der Waals surface area contributed by atoms with Gasteiger partial charge in [-0.25, -0.2) is 4.79 Å². The third-order valence-corrected chi connectivity index (χ3v) is 4.82. The van der Waals surface area contributed by atoms with Gasteiger partial charge in [-0.15, -0.1) is 0 Å². The Labute approximate surface area is 164 Å². The molecule has 0 aromatic heterocycles. The van der Waals surface area contributed by atoms with Gasteiger partial charge in [0.25, 0.3) is 0 Å². The van der Waals surface area contributed by atoms with Gasteiger partial charge in [-0.3, -0.25) is 0 Å². The lowest BCUT2D eigenvalue weighted by molar-refractivity contribution is -0.137.